The van der Waals surface area contributed by atoms with Crippen molar-refractivity contribution in [2.24, 2.45) is 5.92 Å². The van der Waals surface area contributed by atoms with Crippen molar-refractivity contribution in [3.63, 3.8) is 0 Å². The molecule has 0 bridgehead atoms. The molecule has 0 amide bonds. The van der Waals surface area contributed by atoms with Crippen LogP contribution >= 0.6 is 0 Å². The lowest BCUT2D eigenvalue weighted by Gasteiger charge is -2.33. The molecule has 0 radical (unpaired) electrons. The van der Waals surface area contributed by atoms with Crippen LogP contribution in [-0.4, -0.2) is 37.2 Å². The topological polar surface area (TPSA) is 29.5 Å². The average Bonchev–Trinajstić information content (AvgIpc) is 2.12. The molecular formula is C14H32B2O2. The molecular weight excluding hydrogens is 222 g/mol. The Morgan fingerprint density at radius 2 is 1.50 bits per heavy atom. The molecule has 18 heavy (non-hydrogen) atoms. The van der Waals surface area contributed by atoms with Crippen molar-refractivity contribution in [1.29, 1.82) is 0 Å². The second kappa shape index (κ2) is 6.47. The fourth-order valence-electron chi connectivity index (χ4n) is 1.56. The molecule has 4 heteroatoms. The molecule has 0 atom stereocenters. The van der Waals surface area contributed by atoms with Crippen LogP contribution in [0.4, 0.5) is 0 Å². The van der Waals surface area contributed by atoms with E-state index in [9.17, 15) is 5.11 Å². The molecule has 106 valence electrons. The summed E-state index contributed by atoms with van der Waals surface area (Å²) < 4.78 is 5.92. The largest absolute Gasteiger partial charge is 0.390 e. The van der Waals surface area contributed by atoms with Crippen molar-refractivity contribution in [1.82, 2.24) is 0 Å². The molecule has 0 heterocycles. The predicted molar refractivity (Wildman–Crippen MR) is 84.1 cm³/mol. The van der Waals surface area contributed by atoms with Gasteiger partial charge in [-0.25, -0.2) is 0 Å². The summed E-state index contributed by atoms with van der Waals surface area (Å²) >= 11 is 0. The number of aliphatic hydroxyl groups is 1. The summed E-state index contributed by atoms with van der Waals surface area (Å²) in [6.45, 7) is 17.8. The Kier molecular flexibility index (Phi) is 6.49. The van der Waals surface area contributed by atoms with Crippen LogP contribution in [0.15, 0.2) is 0 Å². The van der Waals surface area contributed by atoms with E-state index < -0.39 is 5.60 Å². The first-order valence-corrected chi connectivity index (χ1v) is 7.22. The van der Waals surface area contributed by atoms with Gasteiger partial charge in [-0.2, -0.15) is 0 Å². The van der Waals surface area contributed by atoms with Gasteiger partial charge in [-0.3, -0.25) is 0 Å². The van der Waals surface area contributed by atoms with Gasteiger partial charge in [-0.1, -0.05) is 33.0 Å². The highest BCUT2D eigenvalue weighted by atomic mass is 16.5. The minimum Gasteiger partial charge on any atom is -0.390 e. The van der Waals surface area contributed by atoms with E-state index in [2.05, 4.69) is 41.5 Å². The van der Waals surface area contributed by atoms with E-state index in [4.69, 9.17) is 4.74 Å². The van der Waals surface area contributed by atoms with E-state index in [0.29, 0.717) is 24.3 Å². The van der Waals surface area contributed by atoms with Gasteiger partial charge in [-0.05, 0) is 40.0 Å². The summed E-state index contributed by atoms with van der Waals surface area (Å²) in [7, 11) is 2.23. The summed E-state index contributed by atoms with van der Waals surface area (Å²) in [5.74, 6) is 0.685. The molecule has 0 aromatic carbocycles. The maximum atomic E-state index is 9.67. The quantitative estimate of drug-likeness (QED) is 0.674. The number of rotatable bonds is 8. The first kappa shape index (κ1) is 18.0. The van der Waals surface area contributed by atoms with E-state index >= 15 is 0 Å². The van der Waals surface area contributed by atoms with Gasteiger partial charge in [0.15, 0.2) is 0 Å². The van der Waals surface area contributed by atoms with Crippen LogP contribution < -0.4 is 0 Å². The fourth-order valence-corrected chi connectivity index (χ4v) is 1.56. The Bertz CT molecular complexity index is 243. The summed E-state index contributed by atoms with van der Waals surface area (Å²) in [6.07, 6.45) is 0.685. The number of hydrogen-bond acceptors (Lipinski definition) is 2. The molecule has 0 aliphatic rings. The molecule has 0 unspecified atom stereocenters. The molecule has 0 saturated heterocycles. The van der Waals surface area contributed by atoms with Crippen LogP contribution in [0.2, 0.25) is 5.31 Å². The number of hydrogen-bond donors (Lipinski definition) is 1. The molecule has 0 rings (SSSR count). The second-order valence-corrected chi connectivity index (χ2v) is 7.81. The van der Waals surface area contributed by atoms with Crippen molar-refractivity contribution in [3.8, 4) is 0 Å². The molecule has 0 saturated carbocycles. The van der Waals surface area contributed by atoms with Gasteiger partial charge in [-0.15, -0.1) is 0 Å². The number of ether oxygens (including phenoxy) is 1. The molecule has 1 N–H and O–H groups in total. The van der Waals surface area contributed by atoms with Gasteiger partial charge in [0.2, 0.25) is 0 Å². The zero-order valence-electron chi connectivity index (χ0n) is 13.8. The van der Waals surface area contributed by atoms with Gasteiger partial charge in [0, 0.05) is 12.1 Å². The molecule has 0 aliphatic heterocycles. The molecule has 0 spiro atoms. The Labute approximate surface area is 115 Å². The molecule has 0 aromatic rings. The van der Waals surface area contributed by atoms with Gasteiger partial charge >= 0.3 is 0 Å². The van der Waals surface area contributed by atoms with Crippen LogP contribution in [0.25, 0.3) is 0 Å². The van der Waals surface area contributed by atoms with Crippen LogP contribution in [0.1, 0.15) is 61.8 Å². The maximum absolute atomic E-state index is 9.67. The van der Waals surface area contributed by atoms with Gasteiger partial charge in [0.1, 0.15) is 7.17 Å². The SMILES string of the molecule is CC(C)C(C)(C)BBC(C)(C)OCCC(C)(C)O. The summed E-state index contributed by atoms with van der Waals surface area (Å²) in [6, 6.07) is 0. The predicted octanol–water partition coefficient (Wildman–Crippen LogP) is 2.54. The van der Waals surface area contributed by atoms with Crippen molar-refractivity contribution in [2.75, 3.05) is 6.61 Å². The van der Waals surface area contributed by atoms with Crippen molar-refractivity contribution in [3.05, 3.63) is 0 Å². The van der Waals surface area contributed by atoms with Crippen LogP contribution in [0.3, 0.4) is 0 Å². The lowest BCUT2D eigenvalue weighted by molar-refractivity contribution is -0.00672. The highest BCUT2D eigenvalue weighted by molar-refractivity contribution is 7.03. The first-order chi connectivity index (χ1) is 7.86. The first-order valence-electron chi connectivity index (χ1n) is 7.22. The monoisotopic (exact) mass is 254 g/mol. The Balaban J connectivity index is 4.08. The Morgan fingerprint density at radius 1 is 1.00 bits per heavy atom. The zero-order valence-corrected chi connectivity index (χ0v) is 13.8. The fraction of sp³-hybridized carbons (Fsp3) is 1.00. The smallest absolute Gasteiger partial charge is 0.127 e. The van der Waals surface area contributed by atoms with Crippen LogP contribution in [-0.2, 0) is 4.74 Å². The summed E-state index contributed by atoms with van der Waals surface area (Å²) in [5, 5.41) is 10.0. The lowest BCUT2D eigenvalue weighted by Crippen LogP contribution is -2.41. The second-order valence-electron chi connectivity index (χ2n) is 7.81. The molecule has 0 aliphatic carbocycles. The standard InChI is InChI=1S/C14H32B2O2/c1-11(2)13(5,6)15-16-14(7,8)18-10-9-12(3,4)17/h11,15-17H,9-10H2,1-8H3. The van der Waals surface area contributed by atoms with Gasteiger partial charge < -0.3 is 9.84 Å². The van der Waals surface area contributed by atoms with Crippen LogP contribution in [0, 0.1) is 5.92 Å². The third-order valence-corrected chi connectivity index (χ3v) is 4.14. The van der Waals surface area contributed by atoms with Crippen molar-refractivity contribution < 1.29 is 9.84 Å². The normalized spacial score (nSPS) is 13.9. The van der Waals surface area contributed by atoms with E-state index in [0.717, 1.165) is 7.17 Å². The van der Waals surface area contributed by atoms with Crippen molar-refractivity contribution in [2.45, 2.75) is 78.2 Å². The lowest BCUT2D eigenvalue weighted by atomic mass is 9.23. The van der Waals surface area contributed by atoms with Crippen molar-refractivity contribution >= 4 is 14.3 Å². The highest BCUT2D eigenvalue weighted by Gasteiger charge is 2.29. The molecule has 2 nitrogen and oxygen atoms in total. The van der Waals surface area contributed by atoms with E-state index in [-0.39, 0.29) is 5.50 Å². The third-order valence-electron chi connectivity index (χ3n) is 4.14. The third kappa shape index (κ3) is 8.20. The molecule has 0 aromatic heterocycles. The highest BCUT2D eigenvalue weighted by Crippen LogP contribution is 2.33. The maximum Gasteiger partial charge on any atom is 0.127 e. The zero-order chi connectivity index (χ0) is 14.6. The van der Waals surface area contributed by atoms with Gasteiger partial charge in [0.05, 0.1) is 12.8 Å². The van der Waals surface area contributed by atoms with Crippen LogP contribution in [0.5, 0.6) is 0 Å². The Hall–Kier alpha value is 0.0499. The van der Waals surface area contributed by atoms with Gasteiger partial charge in [0.25, 0.3) is 0 Å². The van der Waals surface area contributed by atoms with E-state index in [1.165, 1.54) is 7.17 Å². The Morgan fingerprint density at radius 3 is 1.89 bits per heavy atom. The van der Waals surface area contributed by atoms with E-state index in [1.54, 1.807) is 0 Å². The molecule has 0 fully saturated rings. The van der Waals surface area contributed by atoms with E-state index in [1.807, 2.05) is 13.8 Å². The average molecular weight is 254 g/mol. The minimum atomic E-state index is -0.632. The summed E-state index contributed by atoms with van der Waals surface area (Å²) in [4.78, 5) is 0. The minimum absolute atomic E-state index is 0.0998. The summed E-state index contributed by atoms with van der Waals surface area (Å²) in [5.41, 5.74) is -0.731.